The van der Waals surface area contributed by atoms with Gasteiger partial charge in [0, 0.05) is 18.8 Å². The van der Waals surface area contributed by atoms with Crippen molar-refractivity contribution in [2.75, 3.05) is 36.5 Å². The monoisotopic (exact) mass is 353 g/mol. The molecule has 0 unspecified atom stereocenters. The van der Waals surface area contributed by atoms with E-state index in [1.807, 2.05) is 19.1 Å². The molecule has 1 amide bonds. The molecule has 134 valence electrons. The van der Waals surface area contributed by atoms with Gasteiger partial charge in [0.05, 0.1) is 24.2 Å². The zero-order chi connectivity index (χ0) is 18.1. The Kier molecular flexibility index (Phi) is 4.26. The number of hydrogen-bond acceptors (Lipinski definition) is 7. The van der Waals surface area contributed by atoms with Crippen molar-refractivity contribution in [1.82, 2.24) is 15.0 Å². The van der Waals surface area contributed by atoms with Crippen LogP contribution in [-0.4, -0.2) is 47.2 Å². The van der Waals surface area contributed by atoms with Crippen LogP contribution in [0.15, 0.2) is 28.9 Å². The normalized spacial score (nSPS) is 14.6. The van der Waals surface area contributed by atoms with Gasteiger partial charge in [0.1, 0.15) is 23.7 Å². The van der Waals surface area contributed by atoms with E-state index in [1.54, 1.807) is 13.0 Å². The van der Waals surface area contributed by atoms with Gasteiger partial charge in [0.2, 0.25) is 5.71 Å². The third-order valence-corrected chi connectivity index (χ3v) is 4.31. The lowest BCUT2D eigenvalue weighted by molar-refractivity contribution is 0.102. The molecule has 0 saturated carbocycles. The fourth-order valence-electron chi connectivity index (χ4n) is 3.11. The standard InChI is InChI=1S/C18H19N5O3/c1-11-4-3-5-13(21-11)22-17(24)14-12(2)26-18-15(14)16(19-10-20-18)23-6-8-25-9-7-23/h3-5,10H,6-9H2,1-2H3,(H,21,22,24). The number of pyridine rings is 1. The second kappa shape index (κ2) is 6.72. The number of hydrogen-bond donors (Lipinski definition) is 1. The quantitative estimate of drug-likeness (QED) is 0.772. The van der Waals surface area contributed by atoms with Crippen LogP contribution >= 0.6 is 0 Å². The molecule has 0 spiro atoms. The zero-order valence-corrected chi connectivity index (χ0v) is 14.7. The highest BCUT2D eigenvalue weighted by Crippen LogP contribution is 2.32. The molecule has 0 radical (unpaired) electrons. The molecule has 0 aliphatic carbocycles. The number of aromatic nitrogens is 3. The zero-order valence-electron chi connectivity index (χ0n) is 14.7. The molecule has 3 aromatic rings. The number of ether oxygens (including phenoxy) is 1. The fourth-order valence-corrected chi connectivity index (χ4v) is 3.11. The maximum Gasteiger partial charge on any atom is 0.261 e. The van der Waals surface area contributed by atoms with Crippen LogP contribution in [0, 0.1) is 13.8 Å². The lowest BCUT2D eigenvalue weighted by Gasteiger charge is -2.28. The number of furan rings is 1. The van der Waals surface area contributed by atoms with Gasteiger partial charge in [0.25, 0.3) is 5.91 Å². The highest BCUT2D eigenvalue weighted by atomic mass is 16.5. The summed E-state index contributed by atoms with van der Waals surface area (Å²) >= 11 is 0. The molecular weight excluding hydrogens is 334 g/mol. The van der Waals surface area contributed by atoms with Crippen LogP contribution in [0.1, 0.15) is 21.8 Å². The second-order valence-corrected chi connectivity index (χ2v) is 6.13. The van der Waals surface area contributed by atoms with Crippen LogP contribution < -0.4 is 10.2 Å². The SMILES string of the molecule is Cc1cccc(NC(=O)c2c(C)oc3ncnc(N4CCOCC4)c23)n1. The van der Waals surface area contributed by atoms with Gasteiger partial charge in [-0.1, -0.05) is 6.07 Å². The summed E-state index contributed by atoms with van der Waals surface area (Å²) in [6, 6.07) is 5.47. The molecule has 4 heterocycles. The molecule has 0 aromatic carbocycles. The molecule has 3 aromatic heterocycles. The van der Waals surface area contributed by atoms with Gasteiger partial charge in [-0.05, 0) is 26.0 Å². The number of carbonyl (C=O) groups is 1. The highest BCUT2D eigenvalue weighted by Gasteiger charge is 2.26. The van der Waals surface area contributed by atoms with Crippen LogP contribution in [0.4, 0.5) is 11.6 Å². The molecule has 1 aliphatic rings. The summed E-state index contributed by atoms with van der Waals surface area (Å²) in [7, 11) is 0. The molecule has 0 bridgehead atoms. The minimum Gasteiger partial charge on any atom is -0.442 e. The summed E-state index contributed by atoms with van der Waals surface area (Å²) in [5, 5.41) is 3.46. The average Bonchev–Trinajstić information content (AvgIpc) is 2.98. The lowest BCUT2D eigenvalue weighted by Crippen LogP contribution is -2.37. The minimum absolute atomic E-state index is 0.288. The van der Waals surface area contributed by atoms with Gasteiger partial charge in [-0.2, -0.15) is 0 Å². The van der Waals surface area contributed by atoms with Crippen molar-refractivity contribution in [1.29, 1.82) is 0 Å². The predicted octanol–water partition coefficient (Wildman–Crippen LogP) is 2.32. The second-order valence-electron chi connectivity index (χ2n) is 6.13. The molecule has 1 N–H and O–H groups in total. The number of morpholine rings is 1. The number of fused-ring (bicyclic) bond motifs is 1. The van der Waals surface area contributed by atoms with E-state index < -0.39 is 0 Å². The minimum atomic E-state index is -0.288. The Morgan fingerprint density at radius 1 is 1.19 bits per heavy atom. The largest absolute Gasteiger partial charge is 0.442 e. The van der Waals surface area contributed by atoms with E-state index in [9.17, 15) is 4.79 Å². The van der Waals surface area contributed by atoms with Crippen LogP contribution in [0.5, 0.6) is 0 Å². The average molecular weight is 353 g/mol. The molecular formula is C18H19N5O3. The van der Waals surface area contributed by atoms with Gasteiger partial charge in [0.15, 0.2) is 0 Å². The molecule has 1 aliphatic heterocycles. The lowest BCUT2D eigenvalue weighted by atomic mass is 10.1. The summed E-state index contributed by atoms with van der Waals surface area (Å²) < 4.78 is 11.1. The summed E-state index contributed by atoms with van der Waals surface area (Å²) in [5.41, 5.74) is 1.67. The van der Waals surface area contributed by atoms with Crippen molar-refractivity contribution in [3.63, 3.8) is 0 Å². The van der Waals surface area contributed by atoms with Crippen LogP contribution in [-0.2, 0) is 4.74 Å². The molecule has 0 atom stereocenters. The first-order chi connectivity index (χ1) is 12.6. The Morgan fingerprint density at radius 3 is 2.77 bits per heavy atom. The van der Waals surface area contributed by atoms with Crippen LogP contribution in [0.3, 0.4) is 0 Å². The van der Waals surface area contributed by atoms with Crippen molar-refractivity contribution in [2.45, 2.75) is 13.8 Å². The van der Waals surface area contributed by atoms with Gasteiger partial charge < -0.3 is 19.4 Å². The van der Waals surface area contributed by atoms with Crippen LogP contribution in [0.2, 0.25) is 0 Å². The van der Waals surface area contributed by atoms with E-state index in [-0.39, 0.29) is 5.91 Å². The van der Waals surface area contributed by atoms with Gasteiger partial charge >= 0.3 is 0 Å². The molecule has 8 nitrogen and oxygen atoms in total. The van der Waals surface area contributed by atoms with Crippen LogP contribution in [0.25, 0.3) is 11.1 Å². The first kappa shape index (κ1) is 16.5. The summed E-state index contributed by atoms with van der Waals surface area (Å²) in [4.78, 5) is 28.0. The summed E-state index contributed by atoms with van der Waals surface area (Å²) in [6.45, 7) is 6.28. The smallest absolute Gasteiger partial charge is 0.261 e. The van der Waals surface area contributed by atoms with E-state index in [1.165, 1.54) is 6.33 Å². The molecule has 26 heavy (non-hydrogen) atoms. The number of amides is 1. The molecule has 4 rings (SSSR count). The third-order valence-electron chi connectivity index (χ3n) is 4.31. The Balaban J connectivity index is 1.76. The van der Waals surface area contributed by atoms with E-state index in [0.717, 1.165) is 5.69 Å². The van der Waals surface area contributed by atoms with Crippen molar-refractivity contribution in [3.05, 3.63) is 41.5 Å². The van der Waals surface area contributed by atoms with Crippen molar-refractivity contribution >= 4 is 28.6 Å². The van der Waals surface area contributed by atoms with Gasteiger partial charge in [-0.15, -0.1) is 0 Å². The van der Waals surface area contributed by atoms with Gasteiger partial charge in [-0.25, -0.2) is 15.0 Å². The first-order valence-electron chi connectivity index (χ1n) is 8.45. The summed E-state index contributed by atoms with van der Waals surface area (Å²) in [6.07, 6.45) is 1.46. The predicted molar refractivity (Wildman–Crippen MR) is 96.5 cm³/mol. The van der Waals surface area contributed by atoms with Gasteiger partial charge in [-0.3, -0.25) is 4.79 Å². The number of anilines is 2. The Morgan fingerprint density at radius 2 is 2.00 bits per heavy atom. The highest BCUT2D eigenvalue weighted by molar-refractivity contribution is 6.15. The number of aryl methyl sites for hydroxylation is 2. The first-order valence-corrected chi connectivity index (χ1v) is 8.45. The number of carbonyl (C=O) groups excluding carboxylic acids is 1. The number of nitrogens with one attached hydrogen (secondary N) is 1. The van der Waals surface area contributed by atoms with E-state index in [4.69, 9.17) is 9.15 Å². The van der Waals surface area contributed by atoms with Crippen molar-refractivity contribution < 1.29 is 13.9 Å². The van der Waals surface area contributed by atoms with Crippen molar-refractivity contribution in [3.8, 4) is 0 Å². The van der Waals surface area contributed by atoms with Crippen molar-refractivity contribution in [2.24, 2.45) is 0 Å². The third kappa shape index (κ3) is 2.99. The molecule has 8 heteroatoms. The molecule has 1 fully saturated rings. The maximum atomic E-state index is 12.9. The Hall–Kier alpha value is -3.00. The summed E-state index contributed by atoms with van der Waals surface area (Å²) in [5.74, 6) is 1.40. The fraction of sp³-hybridized carbons (Fsp3) is 0.333. The van der Waals surface area contributed by atoms with E-state index in [2.05, 4.69) is 25.2 Å². The molecule has 1 saturated heterocycles. The number of rotatable bonds is 3. The Bertz CT molecular complexity index is 963. The van der Waals surface area contributed by atoms with E-state index in [0.29, 0.717) is 60.4 Å². The Labute approximate surface area is 150 Å². The maximum absolute atomic E-state index is 12.9. The number of nitrogens with zero attached hydrogens (tertiary/aromatic N) is 4. The topological polar surface area (TPSA) is 93.4 Å². The van der Waals surface area contributed by atoms with E-state index >= 15 is 0 Å².